The molecule has 23 heavy (non-hydrogen) atoms. The van der Waals surface area contributed by atoms with Crippen molar-refractivity contribution in [2.75, 3.05) is 13.7 Å². The Kier molecular flexibility index (Phi) is 7.32. The van der Waals surface area contributed by atoms with Crippen molar-refractivity contribution in [2.24, 2.45) is 0 Å². The van der Waals surface area contributed by atoms with Crippen molar-refractivity contribution in [2.45, 2.75) is 38.8 Å². The number of carbonyl (C=O) groups excluding carboxylic acids is 2. The number of alkyl carbamates (subject to hydrolysis) is 1. The number of benzene rings is 1. The monoisotopic (exact) mass is 361 g/mol. The summed E-state index contributed by atoms with van der Waals surface area (Å²) in [5.41, 5.74) is -0.270. The van der Waals surface area contributed by atoms with Gasteiger partial charge in [0.15, 0.2) is 5.78 Å². The van der Waals surface area contributed by atoms with E-state index in [0.717, 1.165) is 0 Å². The first-order valence-electron chi connectivity index (χ1n) is 7.09. The zero-order valence-electron chi connectivity index (χ0n) is 13.6. The maximum Gasteiger partial charge on any atom is 0.407 e. The van der Waals surface area contributed by atoms with Crippen LogP contribution < -0.4 is 5.32 Å². The molecule has 1 aromatic carbocycles. The quantitative estimate of drug-likeness (QED) is 0.774. The van der Waals surface area contributed by atoms with Crippen LogP contribution in [0.15, 0.2) is 18.2 Å². The molecule has 0 aliphatic carbocycles. The normalized spacial score (nSPS) is 12.6. The topological polar surface area (TPSA) is 64.6 Å². The Morgan fingerprint density at radius 2 is 1.91 bits per heavy atom. The molecular formula is C16H21Cl2NO4. The van der Waals surface area contributed by atoms with Gasteiger partial charge >= 0.3 is 6.09 Å². The van der Waals surface area contributed by atoms with E-state index in [1.165, 1.54) is 13.2 Å². The second-order valence-corrected chi connectivity index (χ2v) is 6.89. The van der Waals surface area contributed by atoms with Gasteiger partial charge in [-0.15, -0.1) is 0 Å². The van der Waals surface area contributed by atoms with E-state index in [9.17, 15) is 9.59 Å². The van der Waals surface area contributed by atoms with E-state index < -0.39 is 17.7 Å². The third kappa shape index (κ3) is 7.20. The predicted molar refractivity (Wildman–Crippen MR) is 90.4 cm³/mol. The second kappa shape index (κ2) is 8.52. The summed E-state index contributed by atoms with van der Waals surface area (Å²) in [7, 11) is 1.49. The number of carbonyl (C=O) groups is 2. The van der Waals surface area contributed by atoms with Crippen LogP contribution in [-0.2, 0) is 9.47 Å². The van der Waals surface area contributed by atoms with Gasteiger partial charge in [-0.1, -0.05) is 23.2 Å². The fourth-order valence-electron chi connectivity index (χ4n) is 1.88. The van der Waals surface area contributed by atoms with Gasteiger partial charge < -0.3 is 14.8 Å². The molecule has 0 radical (unpaired) electrons. The molecule has 0 heterocycles. The average Bonchev–Trinajstić information content (AvgIpc) is 2.35. The molecule has 0 aromatic heterocycles. The Morgan fingerprint density at radius 1 is 1.26 bits per heavy atom. The zero-order valence-corrected chi connectivity index (χ0v) is 15.1. The van der Waals surface area contributed by atoms with Gasteiger partial charge in [0.05, 0.1) is 17.7 Å². The number of Topliss-reactive ketones (excluding diaryl/α,β-unsaturated/α-hetero) is 1. The Morgan fingerprint density at radius 3 is 2.43 bits per heavy atom. The Labute approximate surface area is 146 Å². The van der Waals surface area contributed by atoms with E-state index in [2.05, 4.69) is 5.32 Å². The van der Waals surface area contributed by atoms with Crippen LogP contribution in [0.4, 0.5) is 4.79 Å². The van der Waals surface area contributed by atoms with E-state index in [4.69, 9.17) is 32.7 Å². The highest BCUT2D eigenvalue weighted by atomic mass is 35.5. The van der Waals surface area contributed by atoms with Gasteiger partial charge in [-0.05, 0) is 39.0 Å². The van der Waals surface area contributed by atoms with E-state index in [1.807, 2.05) is 0 Å². The van der Waals surface area contributed by atoms with E-state index in [0.29, 0.717) is 10.6 Å². The van der Waals surface area contributed by atoms with Crippen LogP contribution in [0.25, 0.3) is 0 Å². The van der Waals surface area contributed by atoms with Crippen molar-refractivity contribution in [1.82, 2.24) is 5.32 Å². The summed E-state index contributed by atoms with van der Waals surface area (Å²) in [4.78, 5) is 24.2. The summed E-state index contributed by atoms with van der Waals surface area (Å²) in [6, 6.07) is 4.13. The minimum Gasteiger partial charge on any atom is -0.444 e. The molecule has 1 N–H and O–H groups in total. The molecule has 5 nitrogen and oxygen atoms in total. The highest BCUT2D eigenvalue weighted by molar-refractivity contribution is 6.36. The minimum atomic E-state index is -0.620. The predicted octanol–water partition coefficient (Wildman–Crippen LogP) is 4.11. The van der Waals surface area contributed by atoms with Crippen LogP contribution >= 0.6 is 23.2 Å². The van der Waals surface area contributed by atoms with Gasteiger partial charge in [-0.2, -0.15) is 0 Å². The average molecular weight is 362 g/mol. The van der Waals surface area contributed by atoms with Crippen LogP contribution in [0.1, 0.15) is 37.6 Å². The lowest BCUT2D eigenvalue weighted by Gasteiger charge is -2.23. The molecule has 0 saturated heterocycles. The standard InChI is InChI=1S/C16H21Cl2NO4/c1-16(2,3)23-15(21)19-11(9-22-4)8-14(20)12-6-5-10(17)7-13(12)18/h5-7,11H,8-9H2,1-4H3,(H,19,21). The molecule has 0 aliphatic rings. The number of rotatable bonds is 6. The molecule has 1 aromatic rings. The van der Waals surface area contributed by atoms with Gasteiger partial charge in [-0.25, -0.2) is 4.79 Å². The van der Waals surface area contributed by atoms with Crippen LogP contribution in [0.5, 0.6) is 0 Å². The summed E-state index contributed by atoms with van der Waals surface area (Å²) in [6.07, 6.45) is -0.566. The van der Waals surface area contributed by atoms with Crippen molar-refractivity contribution < 1.29 is 19.1 Å². The van der Waals surface area contributed by atoms with Crippen LogP contribution in [0, 0.1) is 0 Å². The van der Waals surface area contributed by atoms with Gasteiger partial charge in [-0.3, -0.25) is 4.79 Å². The third-order valence-corrected chi connectivity index (χ3v) is 3.30. The molecule has 1 amide bonds. The molecule has 0 bridgehead atoms. The number of ether oxygens (including phenoxy) is 2. The second-order valence-electron chi connectivity index (χ2n) is 6.05. The summed E-state index contributed by atoms with van der Waals surface area (Å²) >= 11 is 11.8. The Bertz CT molecular complexity index is 570. The number of amides is 1. The van der Waals surface area contributed by atoms with Crippen molar-refractivity contribution in [3.05, 3.63) is 33.8 Å². The third-order valence-electron chi connectivity index (χ3n) is 2.75. The fraction of sp³-hybridized carbons (Fsp3) is 0.500. The molecular weight excluding hydrogens is 341 g/mol. The summed E-state index contributed by atoms with van der Waals surface area (Å²) in [5, 5.41) is 3.35. The lowest BCUT2D eigenvalue weighted by Crippen LogP contribution is -2.42. The fourth-order valence-corrected chi connectivity index (χ4v) is 2.39. The van der Waals surface area contributed by atoms with Crippen molar-refractivity contribution in [1.29, 1.82) is 0 Å². The molecule has 7 heteroatoms. The largest absolute Gasteiger partial charge is 0.444 e. The van der Waals surface area contributed by atoms with Gasteiger partial charge in [0.1, 0.15) is 5.60 Å². The number of methoxy groups -OCH3 is 1. The molecule has 1 atom stereocenters. The zero-order chi connectivity index (χ0) is 17.6. The van der Waals surface area contributed by atoms with E-state index in [1.54, 1.807) is 32.9 Å². The van der Waals surface area contributed by atoms with E-state index in [-0.39, 0.29) is 23.8 Å². The SMILES string of the molecule is COCC(CC(=O)c1ccc(Cl)cc1Cl)NC(=O)OC(C)(C)C. The lowest BCUT2D eigenvalue weighted by atomic mass is 10.0. The Balaban J connectivity index is 2.75. The smallest absolute Gasteiger partial charge is 0.407 e. The minimum absolute atomic E-state index is 0.0361. The number of hydrogen-bond acceptors (Lipinski definition) is 4. The van der Waals surface area contributed by atoms with Crippen LogP contribution in [0.2, 0.25) is 10.0 Å². The van der Waals surface area contributed by atoms with Gasteiger partial charge in [0, 0.05) is 24.1 Å². The number of hydrogen-bond donors (Lipinski definition) is 1. The maximum absolute atomic E-state index is 12.4. The lowest BCUT2D eigenvalue weighted by molar-refractivity contribution is 0.0464. The molecule has 1 rings (SSSR count). The van der Waals surface area contributed by atoms with Gasteiger partial charge in [0.2, 0.25) is 0 Å². The molecule has 128 valence electrons. The van der Waals surface area contributed by atoms with Crippen LogP contribution in [0.3, 0.4) is 0 Å². The number of nitrogens with one attached hydrogen (secondary N) is 1. The van der Waals surface area contributed by atoms with Gasteiger partial charge in [0.25, 0.3) is 0 Å². The summed E-state index contributed by atoms with van der Waals surface area (Å²) in [5.74, 6) is -0.218. The first-order chi connectivity index (χ1) is 10.6. The molecule has 0 aliphatic heterocycles. The first kappa shape index (κ1) is 19.7. The van der Waals surface area contributed by atoms with Crippen molar-refractivity contribution in [3.8, 4) is 0 Å². The van der Waals surface area contributed by atoms with Crippen molar-refractivity contribution in [3.63, 3.8) is 0 Å². The molecule has 1 unspecified atom stereocenters. The molecule has 0 fully saturated rings. The van der Waals surface area contributed by atoms with Crippen LogP contribution in [-0.4, -0.2) is 37.2 Å². The summed E-state index contributed by atoms with van der Waals surface area (Å²) < 4.78 is 10.2. The highest BCUT2D eigenvalue weighted by Gasteiger charge is 2.22. The molecule has 0 saturated carbocycles. The number of ketones is 1. The van der Waals surface area contributed by atoms with E-state index >= 15 is 0 Å². The summed E-state index contributed by atoms with van der Waals surface area (Å²) in [6.45, 7) is 5.46. The maximum atomic E-state index is 12.4. The first-order valence-corrected chi connectivity index (χ1v) is 7.84. The van der Waals surface area contributed by atoms with Crippen molar-refractivity contribution >= 4 is 35.1 Å². The number of halogens is 2. The molecule has 0 spiro atoms. The Hall–Kier alpha value is -1.30. The highest BCUT2D eigenvalue weighted by Crippen LogP contribution is 2.22.